The lowest BCUT2D eigenvalue weighted by atomic mass is 10.0. The zero-order valence-corrected chi connectivity index (χ0v) is 20.1. The third-order valence-corrected chi connectivity index (χ3v) is 5.83. The van der Waals surface area contributed by atoms with Crippen LogP contribution in [0.4, 0.5) is 0 Å². The highest BCUT2D eigenvalue weighted by atomic mass is 16.5. The first-order chi connectivity index (χ1) is 14.9. The van der Waals surface area contributed by atoms with Crippen molar-refractivity contribution in [3.8, 4) is 0 Å². The van der Waals surface area contributed by atoms with Crippen LogP contribution in [0.25, 0.3) is 0 Å². The molecule has 0 aromatic heterocycles. The van der Waals surface area contributed by atoms with Crippen LogP contribution in [0.3, 0.4) is 0 Å². The standard InChI is InChI=1S/C28H50O2/c1-2-3-4-5-6-7-8-9-10-11-12-13-14-15-16-20-24-29-25-21-26-30-27-28-22-18-17-19-23-28/h17-19,22-23H,2-16,20-21,24-27H2,1H3. The molecule has 1 aromatic rings. The predicted octanol–water partition coefficient (Wildman–Crippen LogP) is 8.87. The quantitative estimate of drug-likeness (QED) is 0.165. The molecular weight excluding hydrogens is 368 g/mol. The summed E-state index contributed by atoms with van der Waals surface area (Å²) in [6, 6.07) is 10.4. The first kappa shape index (κ1) is 27.2. The van der Waals surface area contributed by atoms with Gasteiger partial charge < -0.3 is 9.47 Å². The molecule has 0 radical (unpaired) electrons. The van der Waals surface area contributed by atoms with Crippen molar-refractivity contribution in [1.29, 1.82) is 0 Å². The predicted molar refractivity (Wildman–Crippen MR) is 131 cm³/mol. The molecule has 0 fully saturated rings. The molecular formula is C28H50O2. The molecule has 0 saturated heterocycles. The van der Waals surface area contributed by atoms with E-state index in [-0.39, 0.29) is 0 Å². The molecule has 1 rings (SSSR count). The van der Waals surface area contributed by atoms with Crippen LogP contribution in [0.15, 0.2) is 30.3 Å². The maximum Gasteiger partial charge on any atom is 0.0716 e. The third kappa shape index (κ3) is 19.1. The first-order valence-corrected chi connectivity index (χ1v) is 13.1. The Morgan fingerprint density at radius 1 is 0.467 bits per heavy atom. The molecule has 0 amide bonds. The summed E-state index contributed by atoms with van der Waals surface area (Å²) in [5, 5.41) is 0. The van der Waals surface area contributed by atoms with Gasteiger partial charge in [0.15, 0.2) is 0 Å². The van der Waals surface area contributed by atoms with E-state index in [0.717, 1.165) is 26.2 Å². The molecule has 0 heterocycles. The molecule has 0 saturated carbocycles. The number of hydrogen-bond donors (Lipinski definition) is 0. The van der Waals surface area contributed by atoms with Gasteiger partial charge in [-0.05, 0) is 18.4 Å². The normalized spacial score (nSPS) is 11.2. The van der Waals surface area contributed by atoms with Gasteiger partial charge in [-0.15, -0.1) is 0 Å². The molecule has 0 aliphatic rings. The van der Waals surface area contributed by atoms with E-state index in [1.165, 1.54) is 108 Å². The minimum Gasteiger partial charge on any atom is -0.381 e. The lowest BCUT2D eigenvalue weighted by molar-refractivity contribution is 0.0743. The van der Waals surface area contributed by atoms with Crippen LogP contribution >= 0.6 is 0 Å². The Morgan fingerprint density at radius 2 is 0.900 bits per heavy atom. The fourth-order valence-electron chi connectivity index (χ4n) is 3.88. The van der Waals surface area contributed by atoms with Gasteiger partial charge in [-0.1, -0.05) is 134 Å². The Bertz CT molecular complexity index is 432. The molecule has 0 aliphatic carbocycles. The summed E-state index contributed by atoms with van der Waals surface area (Å²) in [7, 11) is 0. The maximum absolute atomic E-state index is 5.73. The van der Waals surface area contributed by atoms with E-state index in [1.54, 1.807) is 0 Å². The minimum atomic E-state index is 0.708. The van der Waals surface area contributed by atoms with Crippen LogP contribution in [0.5, 0.6) is 0 Å². The van der Waals surface area contributed by atoms with E-state index >= 15 is 0 Å². The monoisotopic (exact) mass is 418 g/mol. The van der Waals surface area contributed by atoms with E-state index in [0.29, 0.717) is 6.61 Å². The Hall–Kier alpha value is -0.860. The summed E-state index contributed by atoms with van der Waals surface area (Å²) in [6.45, 7) is 5.53. The van der Waals surface area contributed by atoms with E-state index in [9.17, 15) is 0 Å². The van der Waals surface area contributed by atoms with E-state index in [1.807, 2.05) is 6.07 Å². The zero-order chi connectivity index (χ0) is 21.4. The molecule has 2 nitrogen and oxygen atoms in total. The number of benzene rings is 1. The van der Waals surface area contributed by atoms with E-state index in [2.05, 4.69) is 31.2 Å². The van der Waals surface area contributed by atoms with E-state index in [4.69, 9.17) is 9.47 Å². The summed E-state index contributed by atoms with van der Waals surface area (Å²) in [5.41, 5.74) is 1.24. The van der Waals surface area contributed by atoms with Gasteiger partial charge in [0.1, 0.15) is 0 Å². The fraction of sp³-hybridized carbons (Fsp3) is 0.786. The van der Waals surface area contributed by atoms with Crippen molar-refractivity contribution >= 4 is 0 Å². The molecule has 174 valence electrons. The van der Waals surface area contributed by atoms with Crippen LogP contribution in [0, 0.1) is 0 Å². The highest BCUT2D eigenvalue weighted by Gasteiger charge is 1.96. The number of rotatable bonds is 23. The Labute approximate surface area is 188 Å². The van der Waals surface area contributed by atoms with Gasteiger partial charge in [-0.3, -0.25) is 0 Å². The second-order valence-corrected chi connectivity index (χ2v) is 8.81. The highest BCUT2D eigenvalue weighted by molar-refractivity contribution is 5.13. The van der Waals surface area contributed by atoms with Crippen molar-refractivity contribution < 1.29 is 9.47 Å². The summed E-state index contributed by atoms with van der Waals surface area (Å²) < 4.78 is 11.4. The number of ether oxygens (including phenoxy) is 2. The van der Waals surface area contributed by atoms with Crippen LogP contribution in [0.1, 0.15) is 122 Å². The lowest BCUT2D eigenvalue weighted by Crippen LogP contribution is -2.02. The average molecular weight is 419 g/mol. The minimum absolute atomic E-state index is 0.708. The maximum atomic E-state index is 5.73. The zero-order valence-electron chi connectivity index (χ0n) is 20.1. The molecule has 0 atom stereocenters. The molecule has 2 heteroatoms. The van der Waals surface area contributed by atoms with Gasteiger partial charge in [-0.2, -0.15) is 0 Å². The largest absolute Gasteiger partial charge is 0.381 e. The van der Waals surface area contributed by atoms with Crippen molar-refractivity contribution in [1.82, 2.24) is 0 Å². The smallest absolute Gasteiger partial charge is 0.0716 e. The molecule has 0 aliphatic heterocycles. The van der Waals surface area contributed by atoms with E-state index < -0.39 is 0 Å². The number of hydrogen-bond acceptors (Lipinski definition) is 2. The molecule has 0 N–H and O–H groups in total. The topological polar surface area (TPSA) is 18.5 Å². The van der Waals surface area contributed by atoms with Gasteiger partial charge in [0.2, 0.25) is 0 Å². The van der Waals surface area contributed by atoms with Crippen molar-refractivity contribution in [3.63, 3.8) is 0 Å². The van der Waals surface area contributed by atoms with Crippen molar-refractivity contribution in [2.24, 2.45) is 0 Å². The van der Waals surface area contributed by atoms with Gasteiger partial charge in [0, 0.05) is 19.8 Å². The second-order valence-electron chi connectivity index (χ2n) is 8.81. The molecule has 0 spiro atoms. The first-order valence-electron chi connectivity index (χ1n) is 13.1. The van der Waals surface area contributed by atoms with Crippen molar-refractivity contribution in [2.75, 3.05) is 19.8 Å². The van der Waals surface area contributed by atoms with Crippen LogP contribution in [0.2, 0.25) is 0 Å². The molecule has 0 unspecified atom stereocenters. The fourth-order valence-corrected chi connectivity index (χ4v) is 3.88. The molecule has 1 aromatic carbocycles. The Morgan fingerprint density at radius 3 is 1.43 bits per heavy atom. The second kappa shape index (κ2) is 22.8. The van der Waals surface area contributed by atoms with Crippen LogP contribution < -0.4 is 0 Å². The average Bonchev–Trinajstić information content (AvgIpc) is 2.78. The Balaban J connectivity index is 1.65. The molecule has 0 bridgehead atoms. The summed E-state index contributed by atoms with van der Waals surface area (Å²) in [5.74, 6) is 0. The third-order valence-electron chi connectivity index (χ3n) is 5.83. The van der Waals surface area contributed by atoms with Crippen LogP contribution in [-0.2, 0) is 16.1 Å². The van der Waals surface area contributed by atoms with Gasteiger partial charge >= 0.3 is 0 Å². The number of unbranched alkanes of at least 4 members (excludes halogenated alkanes) is 15. The van der Waals surface area contributed by atoms with Gasteiger partial charge in [-0.25, -0.2) is 0 Å². The van der Waals surface area contributed by atoms with Gasteiger partial charge in [0.25, 0.3) is 0 Å². The summed E-state index contributed by atoms with van der Waals surface area (Å²) in [6.07, 6.45) is 23.6. The lowest BCUT2D eigenvalue weighted by Gasteiger charge is -2.06. The van der Waals surface area contributed by atoms with Crippen molar-refractivity contribution in [3.05, 3.63) is 35.9 Å². The van der Waals surface area contributed by atoms with Crippen molar-refractivity contribution in [2.45, 2.75) is 123 Å². The molecule has 30 heavy (non-hydrogen) atoms. The summed E-state index contributed by atoms with van der Waals surface area (Å²) in [4.78, 5) is 0. The highest BCUT2D eigenvalue weighted by Crippen LogP contribution is 2.13. The van der Waals surface area contributed by atoms with Crippen LogP contribution in [-0.4, -0.2) is 19.8 Å². The summed E-state index contributed by atoms with van der Waals surface area (Å²) >= 11 is 0. The SMILES string of the molecule is CCCCCCCCCCCCCCCCCCOCCCOCc1ccccc1. The van der Waals surface area contributed by atoms with Gasteiger partial charge in [0.05, 0.1) is 6.61 Å². The Kier molecular flexibility index (Phi) is 20.7.